The van der Waals surface area contributed by atoms with Crippen LogP contribution in [0.15, 0.2) is 30.6 Å². The molecule has 1 saturated heterocycles. The first-order chi connectivity index (χ1) is 14.0. The lowest BCUT2D eigenvalue weighted by molar-refractivity contribution is -0.143. The number of amides is 1. The average Bonchev–Trinajstić information content (AvgIpc) is 3.14. The number of methoxy groups -OCH3 is 1. The first-order valence-electron chi connectivity index (χ1n) is 8.59. The van der Waals surface area contributed by atoms with Crippen LogP contribution in [0.3, 0.4) is 0 Å². The summed E-state index contributed by atoms with van der Waals surface area (Å²) >= 11 is 0. The lowest BCUT2D eigenvalue weighted by Crippen LogP contribution is -2.31. The third-order valence-corrected chi connectivity index (χ3v) is 4.37. The zero-order valence-electron chi connectivity index (χ0n) is 15.4. The summed E-state index contributed by atoms with van der Waals surface area (Å²) in [5.41, 5.74) is -3.79. The molecule has 1 fully saturated rings. The summed E-state index contributed by atoms with van der Waals surface area (Å²) in [6.07, 6.45) is -7.60. The Morgan fingerprint density at radius 1 is 1.00 bits per heavy atom. The molecule has 0 radical (unpaired) electrons. The van der Waals surface area contributed by atoms with Crippen LogP contribution in [0, 0.1) is 0 Å². The first-order valence-corrected chi connectivity index (χ1v) is 8.59. The zero-order valence-corrected chi connectivity index (χ0v) is 15.4. The van der Waals surface area contributed by atoms with E-state index in [2.05, 4.69) is 9.97 Å². The topological polar surface area (TPSA) is 64.6 Å². The number of nitrogens with zero attached hydrogens (tertiary/aromatic N) is 3. The summed E-state index contributed by atoms with van der Waals surface area (Å²) in [6.45, 7) is 0.0415. The molecule has 0 bridgehead atoms. The fourth-order valence-corrected chi connectivity index (χ4v) is 2.96. The molecule has 1 unspecified atom stereocenters. The maximum atomic E-state index is 13.0. The van der Waals surface area contributed by atoms with Gasteiger partial charge in [0.15, 0.2) is 0 Å². The van der Waals surface area contributed by atoms with Crippen molar-refractivity contribution in [3.8, 4) is 11.8 Å². The van der Waals surface area contributed by atoms with Crippen molar-refractivity contribution < 1.29 is 40.6 Å². The van der Waals surface area contributed by atoms with Gasteiger partial charge in [0.2, 0.25) is 0 Å². The molecule has 30 heavy (non-hydrogen) atoms. The van der Waals surface area contributed by atoms with E-state index in [9.17, 15) is 31.1 Å². The summed E-state index contributed by atoms with van der Waals surface area (Å²) in [5, 5.41) is 0. The Morgan fingerprint density at radius 3 is 2.10 bits per heavy atom. The summed E-state index contributed by atoms with van der Waals surface area (Å²) in [6, 6.07) is 0.807. The molecule has 0 aliphatic carbocycles. The zero-order chi connectivity index (χ0) is 22.1. The van der Waals surface area contributed by atoms with Crippen LogP contribution in [0.2, 0.25) is 0 Å². The van der Waals surface area contributed by atoms with E-state index in [1.54, 1.807) is 0 Å². The van der Waals surface area contributed by atoms with Crippen LogP contribution in [-0.4, -0.2) is 47.1 Å². The second kappa shape index (κ2) is 8.00. The van der Waals surface area contributed by atoms with Gasteiger partial charge in [-0.3, -0.25) is 4.79 Å². The first kappa shape index (κ1) is 21.7. The van der Waals surface area contributed by atoms with E-state index in [1.807, 2.05) is 0 Å². The monoisotopic (exact) mass is 435 g/mol. The number of halogens is 6. The van der Waals surface area contributed by atoms with Crippen LogP contribution >= 0.6 is 0 Å². The van der Waals surface area contributed by atoms with Crippen LogP contribution in [0.25, 0.3) is 0 Å². The summed E-state index contributed by atoms with van der Waals surface area (Å²) in [5.74, 6) is -0.781. The molecule has 1 aliphatic rings. The Labute approximate surface area is 166 Å². The number of hydrogen-bond acceptors (Lipinski definition) is 5. The number of carbonyl (C=O) groups is 1. The fourth-order valence-electron chi connectivity index (χ4n) is 2.96. The summed E-state index contributed by atoms with van der Waals surface area (Å²) in [7, 11) is 1.35. The minimum atomic E-state index is -5.03. The maximum Gasteiger partial charge on any atom is 0.416 e. The van der Waals surface area contributed by atoms with Gasteiger partial charge in [-0.2, -0.15) is 26.3 Å². The normalized spacial score (nSPS) is 17.2. The molecule has 0 spiro atoms. The van der Waals surface area contributed by atoms with Crippen molar-refractivity contribution in [1.29, 1.82) is 0 Å². The second-order valence-corrected chi connectivity index (χ2v) is 6.45. The van der Waals surface area contributed by atoms with E-state index >= 15 is 0 Å². The van der Waals surface area contributed by atoms with Crippen molar-refractivity contribution in [2.45, 2.75) is 24.9 Å². The van der Waals surface area contributed by atoms with Gasteiger partial charge in [-0.25, -0.2) is 9.97 Å². The molecule has 3 rings (SSSR count). The number of benzene rings is 1. The van der Waals surface area contributed by atoms with Crippen LogP contribution in [-0.2, 0) is 12.4 Å². The highest BCUT2D eigenvalue weighted by Gasteiger charge is 2.38. The van der Waals surface area contributed by atoms with Gasteiger partial charge >= 0.3 is 12.4 Å². The molecule has 12 heteroatoms. The number of alkyl halides is 6. The molecular formula is C18H15F6N3O3. The number of aromatic nitrogens is 2. The molecule has 0 saturated carbocycles. The lowest BCUT2D eigenvalue weighted by Gasteiger charge is -2.19. The Balaban J connectivity index is 1.80. The number of ether oxygens (including phenoxy) is 2. The van der Waals surface area contributed by atoms with Crippen molar-refractivity contribution in [1.82, 2.24) is 14.9 Å². The highest BCUT2D eigenvalue weighted by atomic mass is 19.4. The van der Waals surface area contributed by atoms with Gasteiger partial charge in [0, 0.05) is 30.9 Å². The average molecular weight is 435 g/mol. The Morgan fingerprint density at radius 2 is 1.57 bits per heavy atom. The quantitative estimate of drug-likeness (QED) is 0.684. The third-order valence-electron chi connectivity index (χ3n) is 4.37. The van der Waals surface area contributed by atoms with E-state index in [4.69, 9.17) is 9.47 Å². The number of carbonyl (C=O) groups excluding carboxylic acids is 1. The van der Waals surface area contributed by atoms with Gasteiger partial charge in [0.1, 0.15) is 6.10 Å². The second-order valence-electron chi connectivity index (χ2n) is 6.45. The Kier molecular flexibility index (Phi) is 5.77. The molecule has 2 heterocycles. The largest absolute Gasteiger partial charge is 0.477 e. The van der Waals surface area contributed by atoms with E-state index in [1.165, 1.54) is 19.5 Å². The van der Waals surface area contributed by atoms with E-state index in [0.717, 1.165) is 4.90 Å². The molecule has 2 aromatic rings. The highest BCUT2D eigenvalue weighted by molar-refractivity contribution is 5.95. The molecule has 1 amide bonds. The summed E-state index contributed by atoms with van der Waals surface area (Å²) in [4.78, 5) is 21.6. The minimum Gasteiger partial charge on any atom is -0.477 e. The van der Waals surface area contributed by atoms with Gasteiger partial charge in [0.05, 0.1) is 24.8 Å². The van der Waals surface area contributed by atoms with Gasteiger partial charge in [-0.15, -0.1) is 0 Å². The standard InChI is InChI=1S/C18H15F6N3O3/c1-29-14-15(26-4-3-25-14)30-13-2-5-27(9-13)16(28)10-6-11(17(19,20)21)8-12(7-10)18(22,23)24/h3-4,6-8,13H,2,5,9H2,1H3. The predicted molar refractivity (Wildman–Crippen MR) is 90.0 cm³/mol. The SMILES string of the molecule is COc1nccnc1OC1CCN(C(=O)c2cc(C(F)(F)F)cc(C(F)(F)F)c2)C1. The van der Waals surface area contributed by atoms with Crippen LogP contribution in [0.1, 0.15) is 27.9 Å². The Bertz CT molecular complexity index is 900. The van der Waals surface area contributed by atoms with Gasteiger partial charge in [0.25, 0.3) is 17.7 Å². The van der Waals surface area contributed by atoms with Crippen molar-refractivity contribution in [2.24, 2.45) is 0 Å². The molecule has 1 aromatic heterocycles. The van der Waals surface area contributed by atoms with E-state index in [0.29, 0.717) is 18.6 Å². The van der Waals surface area contributed by atoms with Gasteiger partial charge in [-0.05, 0) is 18.2 Å². The maximum absolute atomic E-state index is 13.0. The number of hydrogen-bond donors (Lipinski definition) is 0. The number of likely N-dealkylation sites (tertiary alicyclic amines) is 1. The van der Waals surface area contributed by atoms with Crippen LogP contribution < -0.4 is 9.47 Å². The molecule has 6 nitrogen and oxygen atoms in total. The molecule has 1 atom stereocenters. The lowest BCUT2D eigenvalue weighted by atomic mass is 10.0. The number of rotatable bonds is 4. The Hall–Kier alpha value is -3.05. The predicted octanol–water partition coefficient (Wildman–Crippen LogP) is 3.82. The molecule has 1 aromatic carbocycles. The van der Waals surface area contributed by atoms with Gasteiger partial charge < -0.3 is 14.4 Å². The fraction of sp³-hybridized carbons (Fsp3) is 0.389. The van der Waals surface area contributed by atoms with Crippen LogP contribution in [0.4, 0.5) is 26.3 Å². The van der Waals surface area contributed by atoms with Crippen molar-refractivity contribution >= 4 is 5.91 Å². The molecule has 1 aliphatic heterocycles. The van der Waals surface area contributed by atoms with E-state index < -0.39 is 41.1 Å². The van der Waals surface area contributed by atoms with Crippen molar-refractivity contribution in [2.75, 3.05) is 20.2 Å². The highest BCUT2D eigenvalue weighted by Crippen LogP contribution is 2.36. The smallest absolute Gasteiger partial charge is 0.416 e. The molecule has 0 N–H and O–H groups in total. The minimum absolute atomic E-state index is 0.0208. The third kappa shape index (κ3) is 4.74. The van der Waals surface area contributed by atoms with Crippen LogP contribution in [0.5, 0.6) is 11.8 Å². The van der Waals surface area contributed by atoms with E-state index in [-0.39, 0.29) is 30.9 Å². The summed E-state index contributed by atoms with van der Waals surface area (Å²) < 4.78 is 88.7. The molecule has 162 valence electrons. The van der Waals surface area contributed by atoms with Crippen molar-refractivity contribution in [3.05, 3.63) is 47.3 Å². The molecular weight excluding hydrogens is 420 g/mol. The van der Waals surface area contributed by atoms with Crippen molar-refractivity contribution in [3.63, 3.8) is 0 Å². The van der Waals surface area contributed by atoms with Gasteiger partial charge in [-0.1, -0.05) is 0 Å².